The van der Waals surface area contributed by atoms with Crippen LogP contribution in [0.25, 0.3) is 0 Å². The van der Waals surface area contributed by atoms with Gasteiger partial charge in [-0.25, -0.2) is 4.79 Å². The van der Waals surface area contributed by atoms with E-state index in [0.717, 1.165) is 11.3 Å². The zero-order valence-electron chi connectivity index (χ0n) is 14.2. The van der Waals surface area contributed by atoms with Crippen molar-refractivity contribution in [1.82, 2.24) is 10.2 Å². The van der Waals surface area contributed by atoms with Gasteiger partial charge in [0, 0.05) is 13.6 Å². The summed E-state index contributed by atoms with van der Waals surface area (Å²) in [5.74, 6) is 1.33. The molecule has 2 amide bonds. The van der Waals surface area contributed by atoms with Crippen molar-refractivity contribution >= 4 is 6.03 Å². The molecule has 0 saturated heterocycles. The van der Waals surface area contributed by atoms with Crippen molar-refractivity contribution in [3.8, 4) is 5.75 Å². The number of nitrogens with one attached hydrogen (secondary N) is 1. The lowest BCUT2D eigenvalue weighted by atomic mass is 10.1. The summed E-state index contributed by atoms with van der Waals surface area (Å²) in [4.78, 5) is 13.4. The summed E-state index contributed by atoms with van der Waals surface area (Å²) in [5, 5.41) is 12.5. The number of amides is 2. The molecular weight excluding hydrogens is 280 g/mol. The standard InChI is InChI=1S/C17H28N2O3/c1-13(2)11-22-15-8-6-14(7-9-15)10-18-16(20)19(5)12-17(3,4)21/h6-9,13,21H,10-12H2,1-5H3,(H,18,20). The Morgan fingerprint density at radius 1 is 1.32 bits per heavy atom. The Morgan fingerprint density at radius 2 is 1.91 bits per heavy atom. The normalized spacial score (nSPS) is 11.4. The lowest BCUT2D eigenvalue weighted by Crippen LogP contribution is -2.44. The zero-order valence-corrected chi connectivity index (χ0v) is 14.2. The molecule has 1 rings (SSSR count). The van der Waals surface area contributed by atoms with Gasteiger partial charge in [0.15, 0.2) is 0 Å². The van der Waals surface area contributed by atoms with Gasteiger partial charge in [-0.15, -0.1) is 0 Å². The molecule has 0 aromatic heterocycles. The van der Waals surface area contributed by atoms with Gasteiger partial charge in [0.05, 0.1) is 18.8 Å². The van der Waals surface area contributed by atoms with Crippen LogP contribution in [0.5, 0.6) is 5.75 Å². The van der Waals surface area contributed by atoms with Crippen LogP contribution in [0.2, 0.25) is 0 Å². The molecule has 1 aromatic rings. The Kier molecular flexibility index (Phi) is 6.68. The summed E-state index contributed by atoms with van der Waals surface area (Å²) < 4.78 is 5.62. The summed E-state index contributed by atoms with van der Waals surface area (Å²) in [6, 6.07) is 7.48. The highest BCUT2D eigenvalue weighted by Gasteiger charge is 2.18. The average molecular weight is 308 g/mol. The molecule has 0 radical (unpaired) electrons. The topological polar surface area (TPSA) is 61.8 Å². The molecular formula is C17H28N2O3. The molecule has 0 saturated carbocycles. The zero-order chi connectivity index (χ0) is 16.8. The summed E-state index contributed by atoms with van der Waals surface area (Å²) in [5.41, 5.74) is 0.100. The Hall–Kier alpha value is -1.75. The molecule has 1 aromatic carbocycles. The van der Waals surface area contributed by atoms with Crippen LogP contribution in [0.1, 0.15) is 33.3 Å². The van der Waals surface area contributed by atoms with Gasteiger partial charge in [-0.05, 0) is 37.5 Å². The number of hydrogen-bond acceptors (Lipinski definition) is 3. The van der Waals surface area contributed by atoms with Crippen LogP contribution in [-0.2, 0) is 6.54 Å². The highest BCUT2D eigenvalue weighted by molar-refractivity contribution is 5.73. The first-order valence-corrected chi connectivity index (χ1v) is 7.60. The second-order valence-electron chi connectivity index (χ2n) is 6.68. The van der Waals surface area contributed by atoms with E-state index in [1.165, 1.54) is 4.90 Å². The highest BCUT2D eigenvalue weighted by Crippen LogP contribution is 2.13. The molecule has 0 spiro atoms. The van der Waals surface area contributed by atoms with Gasteiger partial charge in [-0.3, -0.25) is 0 Å². The number of urea groups is 1. The molecule has 0 atom stereocenters. The predicted octanol–water partition coefficient (Wildman–Crippen LogP) is 2.63. The maximum atomic E-state index is 11.9. The molecule has 0 fully saturated rings. The van der Waals surface area contributed by atoms with E-state index in [9.17, 15) is 9.90 Å². The van der Waals surface area contributed by atoms with E-state index in [1.54, 1.807) is 20.9 Å². The van der Waals surface area contributed by atoms with E-state index in [0.29, 0.717) is 19.1 Å². The first-order valence-electron chi connectivity index (χ1n) is 7.60. The third kappa shape index (κ3) is 7.31. The number of hydrogen-bond donors (Lipinski definition) is 2. The molecule has 22 heavy (non-hydrogen) atoms. The van der Waals surface area contributed by atoms with Gasteiger partial charge in [0.1, 0.15) is 5.75 Å². The number of ether oxygens (including phenoxy) is 1. The van der Waals surface area contributed by atoms with E-state index < -0.39 is 5.60 Å². The van der Waals surface area contributed by atoms with Crippen molar-refractivity contribution in [2.24, 2.45) is 5.92 Å². The van der Waals surface area contributed by atoms with Gasteiger partial charge in [-0.2, -0.15) is 0 Å². The number of aliphatic hydroxyl groups is 1. The van der Waals surface area contributed by atoms with Crippen LogP contribution in [0, 0.1) is 5.92 Å². The minimum absolute atomic E-state index is 0.206. The van der Waals surface area contributed by atoms with E-state index in [1.807, 2.05) is 24.3 Å². The molecule has 0 aliphatic carbocycles. The van der Waals surface area contributed by atoms with Gasteiger partial charge < -0.3 is 20.1 Å². The van der Waals surface area contributed by atoms with E-state index in [2.05, 4.69) is 19.2 Å². The largest absolute Gasteiger partial charge is 0.493 e. The monoisotopic (exact) mass is 308 g/mol. The first-order chi connectivity index (χ1) is 10.2. The van der Waals surface area contributed by atoms with Gasteiger partial charge in [-0.1, -0.05) is 26.0 Å². The number of likely N-dealkylation sites (N-methyl/N-ethyl adjacent to an activating group) is 1. The number of rotatable bonds is 7. The van der Waals surface area contributed by atoms with Crippen molar-refractivity contribution in [2.45, 2.75) is 39.8 Å². The van der Waals surface area contributed by atoms with E-state index in [4.69, 9.17) is 4.74 Å². The van der Waals surface area contributed by atoms with Crippen LogP contribution in [-0.4, -0.2) is 41.8 Å². The lowest BCUT2D eigenvalue weighted by Gasteiger charge is -2.25. The molecule has 124 valence electrons. The molecule has 0 heterocycles. The molecule has 0 aliphatic heterocycles. The molecule has 5 nitrogen and oxygen atoms in total. The molecule has 0 bridgehead atoms. The number of carbonyl (C=O) groups is 1. The molecule has 0 unspecified atom stereocenters. The van der Waals surface area contributed by atoms with Crippen LogP contribution in [0.3, 0.4) is 0 Å². The second kappa shape index (κ2) is 8.03. The van der Waals surface area contributed by atoms with Gasteiger partial charge >= 0.3 is 6.03 Å². The number of benzene rings is 1. The maximum Gasteiger partial charge on any atom is 0.317 e. The van der Waals surface area contributed by atoms with E-state index in [-0.39, 0.29) is 12.6 Å². The quantitative estimate of drug-likeness (QED) is 0.814. The summed E-state index contributed by atoms with van der Waals surface area (Å²) in [6.07, 6.45) is 0. The lowest BCUT2D eigenvalue weighted by molar-refractivity contribution is 0.0531. The van der Waals surface area contributed by atoms with Gasteiger partial charge in [0.2, 0.25) is 0 Å². The fourth-order valence-electron chi connectivity index (χ4n) is 1.93. The summed E-state index contributed by atoms with van der Waals surface area (Å²) in [6.45, 7) is 8.97. The molecule has 2 N–H and O–H groups in total. The fraction of sp³-hybridized carbons (Fsp3) is 0.588. The van der Waals surface area contributed by atoms with Crippen LogP contribution >= 0.6 is 0 Å². The van der Waals surface area contributed by atoms with E-state index >= 15 is 0 Å². The van der Waals surface area contributed by atoms with Gasteiger partial charge in [0.25, 0.3) is 0 Å². The third-order valence-corrected chi connectivity index (χ3v) is 2.92. The van der Waals surface area contributed by atoms with Crippen molar-refractivity contribution in [1.29, 1.82) is 0 Å². The average Bonchev–Trinajstić information content (AvgIpc) is 2.41. The minimum atomic E-state index is -0.901. The van der Waals surface area contributed by atoms with Crippen LogP contribution < -0.4 is 10.1 Å². The molecule has 0 aliphatic rings. The predicted molar refractivity (Wildman–Crippen MR) is 87.9 cm³/mol. The molecule has 5 heteroatoms. The Balaban J connectivity index is 2.42. The highest BCUT2D eigenvalue weighted by atomic mass is 16.5. The van der Waals surface area contributed by atoms with Crippen molar-refractivity contribution < 1.29 is 14.6 Å². The Bertz CT molecular complexity index is 464. The Labute approximate surface area is 133 Å². The van der Waals surface area contributed by atoms with Crippen LogP contribution in [0.4, 0.5) is 4.79 Å². The van der Waals surface area contributed by atoms with Crippen molar-refractivity contribution in [3.05, 3.63) is 29.8 Å². The first kappa shape index (κ1) is 18.3. The number of carbonyl (C=O) groups excluding carboxylic acids is 1. The Morgan fingerprint density at radius 3 is 2.41 bits per heavy atom. The van der Waals surface area contributed by atoms with Crippen molar-refractivity contribution in [2.75, 3.05) is 20.2 Å². The fourth-order valence-corrected chi connectivity index (χ4v) is 1.93. The summed E-state index contributed by atoms with van der Waals surface area (Å²) in [7, 11) is 1.66. The summed E-state index contributed by atoms with van der Waals surface area (Å²) >= 11 is 0. The van der Waals surface area contributed by atoms with Crippen LogP contribution in [0.15, 0.2) is 24.3 Å². The smallest absolute Gasteiger partial charge is 0.317 e. The number of nitrogens with zero attached hydrogens (tertiary/aromatic N) is 1. The minimum Gasteiger partial charge on any atom is -0.493 e. The maximum absolute atomic E-state index is 11.9. The van der Waals surface area contributed by atoms with Crippen molar-refractivity contribution in [3.63, 3.8) is 0 Å². The third-order valence-electron chi connectivity index (χ3n) is 2.92. The second-order valence-corrected chi connectivity index (χ2v) is 6.68. The SMILES string of the molecule is CC(C)COc1ccc(CNC(=O)N(C)CC(C)(C)O)cc1.